The molecule has 1 aliphatic heterocycles. The summed E-state index contributed by atoms with van der Waals surface area (Å²) in [6, 6.07) is 13.5. The zero-order chi connectivity index (χ0) is 17.1. The van der Waals surface area contributed by atoms with Crippen molar-refractivity contribution in [3.8, 4) is 5.75 Å². The summed E-state index contributed by atoms with van der Waals surface area (Å²) in [5.41, 5.74) is 1.18. The Hall–Kier alpha value is -2.53. The van der Waals surface area contributed by atoms with Gasteiger partial charge in [-0.1, -0.05) is 23.7 Å². The number of rotatable bonds is 5. The predicted molar refractivity (Wildman–Crippen MR) is 93.6 cm³/mol. The van der Waals surface area contributed by atoms with Gasteiger partial charge in [0.25, 0.3) is 5.91 Å². The van der Waals surface area contributed by atoms with E-state index in [1.807, 2.05) is 31.2 Å². The number of halogens is 1. The molecule has 2 aromatic carbocycles. The van der Waals surface area contributed by atoms with Gasteiger partial charge in [0.05, 0.1) is 23.7 Å². The van der Waals surface area contributed by atoms with Crippen LogP contribution in [0.25, 0.3) is 0 Å². The van der Waals surface area contributed by atoms with E-state index >= 15 is 0 Å². The van der Waals surface area contributed by atoms with Crippen molar-refractivity contribution in [1.29, 1.82) is 0 Å². The Kier molecular flexibility index (Phi) is 4.71. The summed E-state index contributed by atoms with van der Waals surface area (Å²) in [6.07, 6.45) is 0.0945. The van der Waals surface area contributed by atoms with Gasteiger partial charge in [0.1, 0.15) is 11.8 Å². The normalized spacial score (nSPS) is 17.2. The van der Waals surface area contributed by atoms with Crippen molar-refractivity contribution >= 4 is 34.8 Å². The maximum Gasteiger partial charge on any atom is 0.256 e. The molecule has 0 aromatic heterocycles. The van der Waals surface area contributed by atoms with Gasteiger partial charge in [-0.2, -0.15) is 0 Å². The van der Waals surface area contributed by atoms with E-state index < -0.39 is 6.04 Å². The lowest BCUT2D eigenvalue weighted by Crippen LogP contribution is -2.34. The zero-order valence-electron chi connectivity index (χ0n) is 13.2. The van der Waals surface area contributed by atoms with Crippen LogP contribution in [0.1, 0.15) is 13.3 Å². The smallest absolute Gasteiger partial charge is 0.256 e. The summed E-state index contributed by atoms with van der Waals surface area (Å²) in [4.78, 5) is 26.0. The minimum absolute atomic E-state index is 0.0945. The highest BCUT2D eigenvalue weighted by Gasteiger charge is 2.40. The number of hydrogen-bond donors (Lipinski definition) is 1. The number of carbonyl (C=O) groups excluding carboxylic acids is 2. The van der Waals surface area contributed by atoms with Crippen molar-refractivity contribution in [3.05, 3.63) is 53.6 Å². The van der Waals surface area contributed by atoms with Crippen LogP contribution in [0.4, 0.5) is 11.4 Å². The van der Waals surface area contributed by atoms with Crippen LogP contribution in [0.15, 0.2) is 48.5 Å². The largest absolute Gasteiger partial charge is 0.494 e. The molecule has 0 saturated carbocycles. The zero-order valence-corrected chi connectivity index (χ0v) is 13.9. The number of nitrogens with one attached hydrogen (secondary N) is 1. The highest BCUT2D eigenvalue weighted by Crippen LogP contribution is 2.30. The standard InChI is InChI=1S/C18H17ClN2O3/c1-2-24-13-9-7-12(8-10-13)20-15-11-17(22)21(18(15)23)16-6-4-3-5-14(16)19/h3-10,15,20H,2,11H2,1H3/t15-/m0/s1. The number of ether oxygens (including phenoxy) is 1. The molecule has 6 heteroatoms. The van der Waals surface area contributed by atoms with Crippen LogP contribution < -0.4 is 15.0 Å². The Morgan fingerprint density at radius 2 is 1.88 bits per heavy atom. The summed E-state index contributed by atoms with van der Waals surface area (Å²) < 4.78 is 5.39. The molecule has 1 fully saturated rings. The van der Waals surface area contributed by atoms with Gasteiger partial charge in [-0.05, 0) is 43.3 Å². The number of nitrogens with zero attached hydrogens (tertiary/aromatic N) is 1. The lowest BCUT2D eigenvalue weighted by atomic mass is 10.2. The molecular weight excluding hydrogens is 328 g/mol. The van der Waals surface area contributed by atoms with Crippen LogP contribution in [-0.2, 0) is 9.59 Å². The number of para-hydroxylation sites is 1. The van der Waals surface area contributed by atoms with Gasteiger partial charge in [-0.3, -0.25) is 9.59 Å². The summed E-state index contributed by atoms with van der Waals surface area (Å²) in [7, 11) is 0. The van der Waals surface area contributed by atoms with E-state index in [9.17, 15) is 9.59 Å². The lowest BCUT2D eigenvalue weighted by molar-refractivity contribution is -0.121. The quantitative estimate of drug-likeness (QED) is 0.844. The van der Waals surface area contributed by atoms with Crippen LogP contribution in [0.5, 0.6) is 5.75 Å². The molecule has 5 nitrogen and oxygen atoms in total. The number of anilines is 2. The Labute approximate surface area is 145 Å². The van der Waals surface area contributed by atoms with Gasteiger partial charge in [0.15, 0.2) is 0 Å². The number of hydrogen-bond acceptors (Lipinski definition) is 4. The number of imide groups is 1. The first kappa shape index (κ1) is 16.3. The highest BCUT2D eigenvalue weighted by atomic mass is 35.5. The molecule has 1 aliphatic rings. The Bertz CT molecular complexity index is 761. The van der Waals surface area contributed by atoms with Crippen molar-refractivity contribution in [1.82, 2.24) is 0 Å². The molecule has 0 aliphatic carbocycles. The van der Waals surface area contributed by atoms with E-state index in [0.29, 0.717) is 17.3 Å². The molecular formula is C18H17ClN2O3. The molecule has 1 saturated heterocycles. The van der Waals surface area contributed by atoms with Gasteiger partial charge in [-0.25, -0.2) is 4.90 Å². The van der Waals surface area contributed by atoms with E-state index in [1.165, 1.54) is 0 Å². The van der Waals surface area contributed by atoms with E-state index in [4.69, 9.17) is 16.3 Å². The topological polar surface area (TPSA) is 58.6 Å². The first-order valence-corrected chi connectivity index (χ1v) is 8.08. The number of benzene rings is 2. The molecule has 1 N–H and O–H groups in total. The van der Waals surface area contributed by atoms with Crippen LogP contribution in [-0.4, -0.2) is 24.5 Å². The van der Waals surface area contributed by atoms with Crippen LogP contribution in [0, 0.1) is 0 Å². The minimum atomic E-state index is -0.605. The molecule has 0 radical (unpaired) electrons. The minimum Gasteiger partial charge on any atom is -0.494 e. The first-order chi connectivity index (χ1) is 11.6. The van der Waals surface area contributed by atoms with Crippen LogP contribution >= 0.6 is 11.6 Å². The molecule has 2 aromatic rings. The van der Waals surface area contributed by atoms with E-state index in [0.717, 1.165) is 16.3 Å². The van der Waals surface area contributed by atoms with Crippen molar-refractivity contribution in [2.24, 2.45) is 0 Å². The van der Waals surface area contributed by atoms with Crippen LogP contribution in [0.2, 0.25) is 5.02 Å². The second-order valence-electron chi connectivity index (χ2n) is 5.38. The summed E-state index contributed by atoms with van der Waals surface area (Å²) in [5.74, 6) is 0.188. The fourth-order valence-electron chi connectivity index (χ4n) is 2.65. The van der Waals surface area contributed by atoms with Crippen molar-refractivity contribution in [3.63, 3.8) is 0 Å². The fraction of sp³-hybridized carbons (Fsp3) is 0.222. The third-order valence-electron chi connectivity index (χ3n) is 3.75. The SMILES string of the molecule is CCOc1ccc(N[C@H]2CC(=O)N(c3ccccc3Cl)C2=O)cc1. The Balaban J connectivity index is 1.75. The van der Waals surface area contributed by atoms with Crippen molar-refractivity contribution in [2.75, 3.05) is 16.8 Å². The molecule has 0 spiro atoms. The molecule has 124 valence electrons. The average Bonchev–Trinajstić information content (AvgIpc) is 2.84. The summed E-state index contributed by atoms with van der Waals surface area (Å²) >= 11 is 6.11. The second kappa shape index (κ2) is 6.93. The number of amides is 2. The maximum absolute atomic E-state index is 12.6. The highest BCUT2D eigenvalue weighted by molar-refractivity contribution is 6.36. The van der Waals surface area contributed by atoms with Crippen molar-refractivity contribution in [2.45, 2.75) is 19.4 Å². The van der Waals surface area contributed by atoms with Gasteiger partial charge in [-0.15, -0.1) is 0 Å². The molecule has 0 bridgehead atoms. The Morgan fingerprint density at radius 1 is 1.17 bits per heavy atom. The molecule has 1 heterocycles. The van der Waals surface area contributed by atoms with Gasteiger partial charge < -0.3 is 10.1 Å². The molecule has 2 amide bonds. The van der Waals surface area contributed by atoms with Crippen LogP contribution in [0.3, 0.4) is 0 Å². The second-order valence-corrected chi connectivity index (χ2v) is 5.78. The van der Waals surface area contributed by atoms with E-state index in [2.05, 4.69) is 5.32 Å². The molecule has 24 heavy (non-hydrogen) atoms. The maximum atomic E-state index is 12.6. The molecule has 1 atom stereocenters. The summed E-state index contributed by atoms with van der Waals surface area (Å²) in [6.45, 7) is 2.51. The average molecular weight is 345 g/mol. The van der Waals surface area contributed by atoms with Gasteiger partial charge in [0.2, 0.25) is 5.91 Å². The Morgan fingerprint density at radius 3 is 2.54 bits per heavy atom. The third kappa shape index (κ3) is 3.21. The van der Waals surface area contributed by atoms with Crippen molar-refractivity contribution < 1.29 is 14.3 Å². The third-order valence-corrected chi connectivity index (χ3v) is 4.07. The van der Waals surface area contributed by atoms with Gasteiger partial charge >= 0.3 is 0 Å². The van der Waals surface area contributed by atoms with E-state index in [1.54, 1.807) is 24.3 Å². The van der Waals surface area contributed by atoms with E-state index in [-0.39, 0.29) is 18.2 Å². The van der Waals surface area contributed by atoms with Gasteiger partial charge in [0, 0.05) is 5.69 Å². The first-order valence-electron chi connectivity index (χ1n) is 7.71. The lowest BCUT2D eigenvalue weighted by Gasteiger charge is -2.17. The molecule has 0 unspecified atom stereocenters. The predicted octanol–water partition coefficient (Wildman–Crippen LogP) is 3.48. The fourth-order valence-corrected chi connectivity index (χ4v) is 2.87. The molecule has 3 rings (SSSR count). The number of carbonyl (C=O) groups is 2. The summed E-state index contributed by atoms with van der Waals surface area (Å²) in [5, 5.41) is 3.47. The monoisotopic (exact) mass is 344 g/mol.